The van der Waals surface area contributed by atoms with Crippen molar-refractivity contribution >= 4 is 17.3 Å². The summed E-state index contributed by atoms with van der Waals surface area (Å²) in [5, 5.41) is 19.0. The molecule has 2 rings (SSSR count). The van der Waals surface area contributed by atoms with Gasteiger partial charge in [0.2, 0.25) is 5.15 Å². The second-order valence-electron chi connectivity index (χ2n) is 3.43. The van der Waals surface area contributed by atoms with Crippen LogP contribution >= 0.6 is 11.6 Å². The van der Waals surface area contributed by atoms with E-state index in [2.05, 4.69) is 9.97 Å². The predicted molar refractivity (Wildman–Crippen MR) is 64.9 cm³/mol. The number of hydrogen-bond donors (Lipinski definition) is 0. The van der Waals surface area contributed by atoms with Crippen LogP contribution in [0, 0.1) is 27.3 Å². The van der Waals surface area contributed by atoms with E-state index in [1.165, 1.54) is 6.07 Å². The number of hydrogen-bond acceptors (Lipinski definition) is 6. The third-order valence-electron chi connectivity index (χ3n) is 2.19. The normalized spacial score (nSPS) is 9.85. The van der Waals surface area contributed by atoms with Gasteiger partial charge in [0, 0.05) is 0 Å². The van der Waals surface area contributed by atoms with Crippen LogP contribution in [0.1, 0.15) is 5.56 Å². The molecule has 9 heteroatoms. The van der Waals surface area contributed by atoms with Crippen LogP contribution in [0.2, 0.25) is 5.15 Å². The highest BCUT2D eigenvalue weighted by Gasteiger charge is 2.24. The van der Waals surface area contributed by atoms with Crippen molar-refractivity contribution in [1.82, 2.24) is 9.97 Å². The Bertz CT molecular complexity index is 732. The van der Waals surface area contributed by atoms with E-state index in [0.717, 1.165) is 18.5 Å². The summed E-state index contributed by atoms with van der Waals surface area (Å²) in [4.78, 5) is 17.0. The summed E-state index contributed by atoms with van der Waals surface area (Å²) < 4.78 is 18.7. The van der Waals surface area contributed by atoms with Crippen LogP contribution in [-0.4, -0.2) is 14.9 Å². The Labute approximate surface area is 116 Å². The number of halogens is 2. The van der Waals surface area contributed by atoms with E-state index in [9.17, 15) is 14.5 Å². The van der Waals surface area contributed by atoms with Gasteiger partial charge in [0.25, 0.3) is 0 Å². The highest BCUT2D eigenvalue weighted by molar-refractivity contribution is 6.31. The zero-order chi connectivity index (χ0) is 14.7. The van der Waals surface area contributed by atoms with Crippen LogP contribution in [0.15, 0.2) is 24.5 Å². The molecule has 100 valence electrons. The molecule has 0 saturated carbocycles. The number of benzene rings is 1. The summed E-state index contributed by atoms with van der Waals surface area (Å²) >= 11 is 5.57. The average molecular weight is 295 g/mol. The highest BCUT2D eigenvalue weighted by Crippen LogP contribution is 2.34. The zero-order valence-corrected chi connectivity index (χ0v) is 10.3. The molecule has 7 nitrogen and oxygen atoms in total. The lowest BCUT2D eigenvalue weighted by Gasteiger charge is -2.06. The van der Waals surface area contributed by atoms with Gasteiger partial charge in [0.15, 0.2) is 11.6 Å². The Morgan fingerprint density at radius 2 is 2.20 bits per heavy atom. The Balaban J connectivity index is 2.43. The monoisotopic (exact) mass is 294 g/mol. The number of ether oxygens (including phenoxy) is 1. The second-order valence-corrected chi connectivity index (χ2v) is 3.79. The van der Waals surface area contributed by atoms with E-state index in [4.69, 9.17) is 21.6 Å². The maximum atomic E-state index is 13.6. The first kappa shape index (κ1) is 13.6. The van der Waals surface area contributed by atoms with E-state index >= 15 is 0 Å². The zero-order valence-electron chi connectivity index (χ0n) is 9.58. The quantitative estimate of drug-likeness (QED) is 0.490. The minimum Gasteiger partial charge on any atom is -0.430 e. The molecule has 0 aliphatic rings. The maximum Gasteiger partial charge on any atom is 0.368 e. The van der Waals surface area contributed by atoms with Gasteiger partial charge in [-0.05, 0) is 18.2 Å². The third kappa shape index (κ3) is 2.62. The molecule has 0 aliphatic carbocycles. The van der Waals surface area contributed by atoms with Crippen LogP contribution in [0.4, 0.5) is 10.1 Å². The first-order valence-corrected chi connectivity index (χ1v) is 5.43. The molecule has 0 unspecified atom stereocenters. The fourth-order valence-electron chi connectivity index (χ4n) is 1.33. The number of rotatable bonds is 3. The molecule has 0 bridgehead atoms. The van der Waals surface area contributed by atoms with E-state index in [1.54, 1.807) is 6.07 Å². The van der Waals surface area contributed by atoms with Crippen molar-refractivity contribution in [2.75, 3.05) is 0 Å². The Kier molecular flexibility index (Phi) is 3.72. The molecular formula is C11H4ClFN4O3. The van der Waals surface area contributed by atoms with E-state index in [1.807, 2.05) is 0 Å². The Hall–Kier alpha value is -2.79. The van der Waals surface area contributed by atoms with Crippen LogP contribution in [0.3, 0.4) is 0 Å². The average Bonchev–Trinajstić information content (AvgIpc) is 2.40. The largest absolute Gasteiger partial charge is 0.430 e. The van der Waals surface area contributed by atoms with Gasteiger partial charge < -0.3 is 4.74 Å². The summed E-state index contributed by atoms with van der Waals surface area (Å²) in [6.07, 6.45) is 0.951. The van der Waals surface area contributed by atoms with Gasteiger partial charge in [-0.25, -0.2) is 9.37 Å². The summed E-state index contributed by atoms with van der Waals surface area (Å²) in [5.74, 6) is -1.66. The molecule has 2 aromatic rings. The minimum atomic E-state index is -0.854. The van der Waals surface area contributed by atoms with Crippen LogP contribution < -0.4 is 4.74 Å². The van der Waals surface area contributed by atoms with Gasteiger partial charge in [-0.1, -0.05) is 11.6 Å². The molecule has 0 radical (unpaired) electrons. The second kappa shape index (κ2) is 5.46. The summed E-state index contributed by atoms with van der Waals surface area (Å²) in [5.41, 5.74) is -0.581. The molecule has 0 aliphatic heterocycles. The summed E-state index contributed by atoms with van der Waals surface area (Å²) in [7, 11) is 0. The van der Waals surface area contributed by atoms with E-state index in [0.29, 0.717) is 0 Å². The maximum absolute atomic E-state index is 13.6. The highest BCUT2D eigenvalue weighted by atomic mass is 35.5. The molecule has 0 atom stereocenters. The van der Waals surface area contributed by atoms with Crippen molar-refractivity contribution in [1.29, 1.82) is 5.26 Å². The molecule has 0 amide bonds. The van der Waals surface area contributed by atoms with Gasteiger partial charge >= 0.3 is 11.6 Å². The summed E-state index contributed by atoms with van der Waals surface area (Å²) in [6, 6.07) is 5.14. The van der Waals surface area contributed by atoms with Crippen molar-refractivity contribution in [3.05, 3.63) is 51.2 Å². The van der Waals surface area contributed by atoms with Gasteiger partial charge in [0.1, 0.15) is 6.33 Å². The third-order valence-corrected chi connectivity index (χ3v) is 2.47. The lowest BCUT2D eigenvalue weighted by Crippen LogP contribution is -1.99. The number of nitrogens with zero attached hydrogens (tertiary/aromatic N) is 4. The Morgan fingerprint density at radius 1 is 1.45 bits per heavy atom. The van der Waals surface area contributed by atoms with E-state index in [-0.39, 0.29) is 11.3 Å². The lowest BCUT2D eigenvalue weighted by molar-refractivity contribution is -0.386. The predicted octanol–water partition coefficient (Wildman–Crippen LogP) is 2.84. The number of nitro groups is 1. The fraction of sp³-hybridized carbons (Fsp3) is 0. The molecule has 0 fully saturated rings. The van der Waals surface area contributed by atoms with Gasteiger partial charge in [-0.15, -0.1) is 0 Å². The topological polar surface area (TPSA) is 102 Å². The van der Waals surface area contributed by atoms with Gasteiger partial charge in [0.05, 0.1) is 16.6 Å². The van der Waals surface area contributed by atoms with Crippen LogP contribution in [0.25, 0.3) is 0 Å². The first-order chi connectivity index (χ1) is 9.52. The molecular weight excluding hydrogens is 291 g/mol. The smallest absolute Gasteiger partial charge is 0.368 e. The van der Waals surface area contributed by atoms with Crippen molar-refractivity contribution in [2.24, 2.45) is 0 Å². The van der Waals surface area contributed by atoms with Gasteiger partial charge in [-0.2, -0.15) is 10.2 Å². The molecule has 1 aromatic carbocycles. The standard InChI is InChI=1S/C11H4ClFN4O3/c12-10-9(17(18)19)11(16-5-15-10)20-8-2-1-6(4-14)3-7(8)13/h1-3,5H. The fourth-order valence-corrected chi connectivity index (χ4v) is 1.52. The van der Waals surface area contributed by atoms with Crippen LogP contribution in [-0.2, 0) is 0 Å². The molecule has 1 heterocycles. The Morgan fingerprint density at radius 3 is 2.80 bits per heavy atom. The van der Waals surface area contributed by atoms with Crippen molar-refractivity contribution in [2.45, 2.75) is 0 Å². The van der Waals surface area contributed by atoms with Crippen LogP contribution in [0.5, 0.6) is 11.6 Å². The summed E-state index contributed by atoms with van der Waals surface area (Å²) in [6.45, 7) is 0. The minimum absolute atomic E-state index is 0.0880. The van der Waals surface area contributed by atoms with Gasteiger partial charge in [-0.3, -0.25) is 10.1 Å². The first-order valence-electron chi connectivity index (χ1n) is 5.05. The SMILES string of the molecule is N#Cc1ccc(Oc2ncnc(Cl)c2[N+](=O)[O-])c(F)c1. The molecule has 0 spiro atoms. The molecule has 20 heavy (non-hydrogen) atoms. The number of nitriles is 1. The lowest BCUT2D eigenvalue weighted by atomic mass is 10.2. The van der Waals surface area contributed by atoms with E-state index < -0.39 is 27.5 Å². The van der Waals surface area contributed by atoms with Crippen molar-refractivity contribution in [3.8, 4) is 17.7 Å². The van der Waals surface area contributed by atoms with Crippen molar-refractivity contribution in [3.63, 3.8) is 0 Å². The molecule has 0 N–H and O–H groups in total. The molecule has 1 aromatic heterocycles. The molecule has 0 saturated heterocycles. The van der Waals surface area contributed by atoms with Crippen molar-refractivity contribution < 1.29 is 14.1 Å². The number of aromatic nitrogens is 2.